The van der Waals surface area contributed by atoms with E-state index >= 15 is 0 Å². The maximum atomic E-state index is 13.4. The number of rotatable bonds is 4. The molecule has 0 unspecified atom stereocenters. The average Bonchev–Trinajstić information content (AvgIpc) is 2.18. The fourth-order valence-electron chi connectivity index (χ4n) is 1.94. The molecule has 1 aliphatic rings. The third-order valence-corrected chi connectivity index (χ3v) is 3.21. The Morgan fingerprint density at radius 3 is 2.81 bits per heavy atom. The monoisotopic (exact) mass is 243 g/mol. The summed E-state index contributed by atoms with van der Waals surface area (Å²) in [6.07, 6.45) is 1.59. The van der Waals surface area contributed by atoms with Crippen molar-refractivity contribution < 1.29 is 9.50 Å². The molecule has 4 heteroatoms. The smallest absolute Gasteiger partial charge is 0.129 e. The molecule has 2 N–H and O–H groups in total. The SMILES string of the molecule is OC1CC(CNCc2ccc(Cl)cc2F)C1. The number of aliphatic hydroxyl groups excluding tert-OH is 1. The summed E-state index contributed by atoms with van der Waals surface area (Å²) in [5.74, 6) is 0.263. The Morgan fingerprint density at radius 1 is 1.44 bits per heavy atom. The molecule has 0 amide bonds. The van der Waals surface area contributed by atoms with Gasteiger partial charge in [0.05, 0.1) is 6.10 Å². The van der Waals surface area contributed by atoms with Crippen LogP contribution >= 0.6 is 11.6 Å². The summed E-state index contributed by atoms with van der Waals surface area (Å²) in [6.45, 7) is 1.34. The molecule has 2 rings (SSSR count). The lowest BCUT2D eigenvalue weighted by atomic mass is 9.82. The largest absolute Gasteiger partial charge is 0.393 e. The number of hydrogen-bond acceptors (Lipinski definition) is 2. The second kappa shape index (κ2) is 5.13. The second-order valence-electron chi connectivity index (χ2n) is 4.36. The van der Waals surface area contributed by atoms with Gasteiger partial charge in [0.15, 0.2) is 0 Å². The van der Waals surface area contributed by atoms with Crippen LogP contribution in [0, 0.1) is 11.7 Å². The first-order valence-electron chi connectivity index (χ1n) is 5.48. The van der Waals surface area contributed by atoms with Crippen LogP contribution in [0.1, 0.15) is 18.4 Å². The lowest BCUT2D eigenvalue weighted by molar-refractivity contribution is 0.0429. The molecule has 0 saturated heterocycles. The Hall–Kier alpha value is -0.640. The molecular formula is C12H15ClFNO. The van der Waals surface area contributed by atoms with Gasteiger partial charge in [0.1, 0.15) is 5.82 Å². The topological polar surface area (TPSA) is 32.3 Å². The average molecular weight is 244 g/mol. The van der Waals surface area contributed by atoms with E-state index in [1.54, 1.807) is 12.1 Å². The van der Waals surface area contributed by atoms with Crippen molar-refractivity contribution in [2.24, 2.45) is 5.92 Å². The minimum absolute atomic E-state index is 0.126. The summed E-state index contributed by atoms with van der Waals surface area (Å²) in [7, 11) is 0. The first-order chi connectivity index (χ1) is 7.65. The minimum atomic E-state index is -0.270. The van der Waals surface area contributed by atoms with Crippen molar-refractivity contribution in [3.8, 4) is 0 Å². The maximum Gasteiger partial charge on any atom is 0.129 e. The van der Waals surface area contributed by atoms with E-state index in [0.717, 1.165) is 19.4 Å². The molecule has 0 aliphatic heterocycles. The molecule has 1 fully saturated rings. The van der Waals surface area contributed by atoms with Gasteiger partial charge in [0.25, 0.3) is 0 Å². The van der Waals surface area contributed by atoms with E-state index in [2.05, 4.69) is 5.32 Å². The third-order valence-electron chi connectivity index (χ3n) is 2.97. The van der Waals surface area contributed by atoms with Crippen LogP contribution in [0.15, 0.2) is 18.2 Å². The van der Waals surface area contributed by atoms with E-state index < -0.39 is 0 Å². The number of aliphatic hydroxyl groups is 1. The third kappa shape index (κ3) is 2.94. The molecule has 0 spiro atoms. The molecule has 1 saturated carbocycles. The second-order valence-corrected chi connectivity index (χ2v) is 4.79. The van der Waals surface area contributed by atoms with Crippen LogP contribution in [0.4, 0.5) is 4.39 Å². The molecule has 1 aromatic rings. The highest BCUT2D eigenvalue weighted by Crippen LogP contribution is 2.26. The van der Waals surface area contributed by atoms with Gasteiger partial charge in [-0.3, -0.25) is 0 Å². The van der Waals surface area contributed by atoms with Crippen LogP contribution < -0.4 is 5.32 Å². The van der Waals surface area contributed by atoms with Crippen LogP contribution in [0.5, 0.6) is 0 Å². The highest BCUT2D eigenvalue weighted by atomic mass is 35.5. The van der Waals surface area contributed by atoms with Gasteiger partial charge in [-0.15, -0.1) is 0 Å². The Balaban J connectivity index is 1.76. The number of benzene rings is 1. The molecule has 0 bridgehead atoms. The van der Waals surface area contributed by atoms with E-state index in [4.69, 9.17) is 16.7 Å². The van der Waals surface area contributed by atoms with Crippen molar-refractivity contribution in [3.05, 3.63) is 34.6 Å². The lowest BCUT2D eigenvalue weighted by Crippen LogP contribution is -2.36. The molecule has 0 radical (unpaired) electrons. The number of halogens is 2. The van der Waals surface area contributed by atoms with Crippen LogP contribution in [0.3, 0.4) is 0 Å². The van der Waals surface area contributed by atoms with Gasteiger partial charge in [-0.1, -0.05) is 17.7 Å². The number of hydrogen-bond donors (Lipinski definition) is 2. The summed E-state index contributed by atoms with van der Waals surface area (Å²) < 4.78 is 13.4. The van der Waals surface area contributed by atoms with Crippen molar-refractivity contribution in [2.45, 2.75) is 25.5 Å². The van der Waals surface area contributed by atoms with Crippen molar-refractivity contribution in [1.82, 2.24) is 5.32 Å². The predicted molar refractivity (Wildman–Crippen MR) is 61.8 cm³/mol. The normalized spacial score (nSPS) is 24.2. The molecule has 1 aromatic carbocycles. The molecule has 16 heavy (non-hydrogen) atoms. The Morgan fingerprint density at radius 2 is 2.19 bits per heavy atom. The maximum absolute atomic E-state index is 13.4. The summed E-state index contributed by atoms with van der Waals surface area (Å²) in [6, 6.07) is 4.71. The highest BCUT2D eigenvalue weighted by Gasteiger charge is 2.26. The van der Waals surface area contributed by atoms with Gasteiger partial charge >= 0.3 is 0 Å². The first kappa shape index (κ1) is 11.8. The van der Waals surface area contributed by atoms with Gasteiger partial charge in [-0.2, -0.15) is 0 Å². The molecule has 0 aromatic heterocycles. The van der Waals surface area contributed by atoms with Gasteiger partial charge in [0, 0.05) is 17.1 Å². The highest BCUT2D eigenvalue weighted by molar-refractivity contribution is 6.30. The van der Waals surface area contributed by atoms with Crippen LogP contribution in [-0.2, 0) is 6.54 Å². The molecule has 0 heterocycles. The van der Waals surface area contributed by atoms with E-state index in [-0.39, 0.29) is 11.9 Å². The quantitative estimate of drug-likeness (QED) is 0.851. The fraction of sp³-hybridized carbons (Fsp3) is 0.500. The van der Waals surface area contributed by atoms with Crippen LogP contribution in [0.25, 0.3) is 0 Å². The zero-order chi connectivity index (χ0) is 11.5. The predicted octanol–water partition coefficient (Wildman–Crippen LogP) is 2.34. The van der Waals surface area contributed by atoms with E-state index in [1.165, 1.54) is 6.07 Å². The van der Waals surface area contributed by atoms with Crippen molar-refractivity contribution in [2.75, 3.05) is 6.54 Å². The van der Waals surface area contributed by atoms with E-state index in [9.17, 15) is 4.39 Å². The Labute approximate surface area is 99.4 Å². The molecule has 88 valence electrons. The van der Waals surface area contributed by atoms with E-state index in [1.807, 2.05) is 0 Å². The fourth-order valence-corrected chi connectivity index (χ4v) is 2.10. The first-order valence-corrected chi connectivity index (χ1v) is 5.85. The van der Waals surface area contributed by atoms with Gasteiger partial charge in [0.2, 0.25) is 0 Å². The zero-order valence-corrected chi connectivity index (χ0v) is 9.67. The summed E-state index contributed by atoms with van der Waals surface area (Å²) in [5, 5.41) is 12.7. The Kier molecular flexibility index (Phi) is 3.79. The standard InChI is InChI=1S/C12H15ClFNO/c13-10-2-1-9(12(14)5-10)7-15-6-8-3-11(16)4-8/h1-2,5,8,11,15-16H,3-4,6-7H2. The molecule has 0 atom stereocenters. The zero-order valence-electron chi connectivity index (χ0n) is 8.92. The van der Waals surface area contributed by atoms with Crippen molar-refractivity contribution in [3.63, 3.8) is 0 Å². The minimum Gasteiger partial charge on any atom is -0.393 e. The summed E-state index contributed by atoms with van der Waals surface area (Å²) >= 11 is 5.66. The summed E-state index contributed by atoms with van der Waals surface area (Å²) in [5.41, 5.74) is 0.629. The van der Waals surface area contributed by atoms with Crippen LogP contribution in [0.2, 0.25) is 5.02 Å². The van der Waals surface area contributed by atoms with Crippen molar-refractivity contribution >= 4 is 11.6 Å². The Bertz CT molecular complexity index is 366. The van der Waals surface area contributed by atoms with Gasteiger partial charge in [-0.05, 0) is 37.4 Å². The summed E-state index contributed by atoms with van der Waals surface area (Å²) in [4.78, 5) is 0. The van der Waals surface area contributed by atoms with Crippen LogP contribution in [-0.4, -0.2) is 17.8 Å². The molecule has 1 aliphatic carbocycles. The lowest BCUT2D eigenvalue weighted by Gasteiger charge is -2.31. The van der Waals surface area contributed by atoms with Gasteiger partial charge in [-0.25, -0.2) is 4.39 Å². The van der Waals surface area contributed by atoms with Crippen molar-refractivity contribution in [1.29, 1.82) is 0 Å². The molecule has 2 nitrogen and oxygen atoms in total. The number of nitrogens with one attached hydrogen (secondary N) is 1. The molecular weight excluding hydrogens is 229 g/mol. The van der Waals surface area contributed by atoms with E-state index in [0.29, 0.717) is 23.0 Å². The van der Waals surface area contributed by atoms with Gasteiger partial charge < -0.3 is 10.4 Å².